The summed E-state index contributed by atoms with van der Waals surface area (Å²) >= 11 is 0. The molecular formula is C14H18N4. The van der Waals surface area contributed by atoms with E-state index >= 15 is 0 Å². The van der Waals surface area contributed by atoms with Crippen molar-refractivity contribution < 1.29 is 0 Å². The molecule has 0 spiro atoms. The second-order valence-electron chi connectivity index (χ2n) is 4.43. The Morgan fingerprint density at radius 1 is 1.28 bits per heavy atom. The number of hydrogen-bond acceptors (Lipinski definition) is 4. The maximum absolute atomic E-state index is 5.68. The second-order valence-corrected chi connectivity index (χ2v) is 4.43. The molecule has 94 valence electrons. The van der Waals surface area contributed by atoms with E-state index in [-0.39, 0.29) is 6.04 Å². The number of aromatic nitrogens is 1. The SMILES string of the molecule is Cc1cccc(C(Cc2ccnc(N)c2)NN)c1. The summed E-state index contributed by atoms with van der Waals surface area (Å²) in [5.41, 5.74) is 12.0. The van der Waals surface area contributed by atoms with Crippen LogP contribution < -0.4 is 17.0 Å². The fourth-order valence-electron chi connectivity index (χ4n) is 2.02. The molecule has 1 aromatic heterocycles. The number of nitrogen functional groups attached to an aromatic ring is 1. The molecule has 1 aromatic carbocycles. The van der Waals surface area contributed by atoms with Crippen LogP contribution in [-0.2, 0) is 6.42 Å². The number of anilines is 1. The van der Waals surface area contributed by atoms with Crippen LogP contribution in [-0.4, -0.2) is 4.98 Å². The molecule has 2 aromatic rings. The van der Waals surface area contributed by atoms with Crippen molar-refractivity contribution in [2.24, 2.45) is 5.84 Å². The first-order chi connectivity index (χ1) is 8.69. The van der Waals surface area contributed by atoms with Gasteiger partial charge in [-0.15, -0.1) is 0 Å². The molecule has 5 N–H and O–H groups in total. The summed E-state index contributed by atoms with van der Waals surface area (Å²) in [6.45, 7) is 2.07. The fraction of sp³-hybridized carbons (Fsp3) is 0.214. The Kier molecular flexibility index (Phi) is 3.92. The second kappa shape index (κ2) is 5.62. The number of hydrazine groups is 1. The molecule has 2 rings (SSSR count). The van der Waals surface area contributed by atoms with E-state index in [1.165, 1.54) is 11.1 Å². The van der Waals surface area contributed by atoms with Crippen molar-refractivity contribution in [3.63, 3.8) is 0 Å². The van der Waals surface area contributed by atoms with E-state index in [0.717, 1.165) is 12.0 Å². The van der Waals surface area contributed by atoms with E-state index < -0.39 is 0 Å². The predicted molar refractivity (Wildman–Crippen MR) is 73.6 cm³/mol. The number of hydrogen-bond donors (Lipinski definition) is 3. The Balaban J connectivity index is 2.19. The zero-order valence-electron chi connectivity index (χ0n) is 10.4. The van der Waals surface area contributed by atoms with E-state index in [9.17, 15) is 0 Å². The summed E-state index contributed by atoms with van der Waals surface area (Å²) in [5, 5.41) is 0. The van der Waals surface area contributed by atoms with Crippen LogP contribution in [0.4, 0.5) is 5.82 Å². The Morgan fingerprint density at radius 3 is 2.78 bits per heavy atom. The van der Waals surface area contributed by atoms with E-state index in [1.54, 1.807) is 6.20 Å². The van der Waals surface area contributed by atoms with Crippen molar-refractivity contribution in [1.82, 2.24) is 10.4 Å². The molecule has 1 heterocycles. The Labute approximate surface area is 107 Å². The van der Waals surface area contributed by atoms with Gasteiger partial charge in [-0.25, -0.2) is 4.98 Å². The van der Waals surface area contributed by atoms with Gasteiger partial charge < -0.3 is 5.73 Å². The average Bonchev–Trinajstić information content (AvgIpc) is 2.36. The van der Waals surface area contributed by atoms with Gasteiger partial charge >= 0.3 is 0 Å². The van der Waals surface area contributed by atoms with Crippen molar-refractivity contribution in [2.75, 3.05) is 5.73 Å². The van der Waals surface area contributed by atoms with Gasteiger partial charge in [-0.3, -0.25) is 11.3 Å². The lowest BCUT2D eigenvalue weighted by molar-refractivity contribution is 0.551. The third-order valence-electron chi connectivity index (χ3n) is 2.93. The van der Waals surface area contributed by atoms with Gasteiger partial charge in [-0.2, -0.15) is 0 Å². The number of nitrogens with one attached hydrogen (secondary N) is 1. The highest BCUT2D eigenvalue weighted by Crippen LogP contribution is 2.19. The monoisotopic (exact) mass is 242 g/mol. The quantitative estimate of drug-likeness (QED) is 0.563. The van der Waals surface area contributed by atoms with Crippen molar-refractivity contribution in [3.8, 4) is 0 Å². The maximum Gasteiger partial charge on any atom is 0.123 e. The summed E-state index contributed by atoms with van der Waals surface area (Å²) < 4.78 is 0. The molecule has 0 radical (unpaired) electrons. The molecule has 4 heteroatoms. The fourth-order valence-corrected chi connectivity index (χ4v) is 2.02. The number of rotatable bonds is 4. The van der Waals surface area contributed by atoms with Crippen LogP contribution in [0.5, 0.6) is 0 Å². The molecule has 0 bridgehead atoms. The standard InChI is InChI=1S/C14H18N4/c1-10-3-2-4-12(7-10)13(18-16)8-11-5-6-17-14(15)9-11/h2-7,9,13,18H,8,16H2,1H3,(H2,15,17). The summed E-state index contributed by atoms with van der Waals surface area (Å²) in [4.78, 5) is 3.99. The zero-order valence-corrected chi connectivity index (χ0v) is 10.4. The molecule has 0 amide bonds. The third-order valence-corrected chi connectivity index (χ3v) is 2.93. The lowest BCUT2D eigenvalue weighted by atomic mass is 9.98. The van der Waals surface area contributed by atoms with Gasteiger partial charge in [0.25, 0.3) is 0 Å². The molecule has 4 nitrogen and oxygen atoms in total. The lowest BCUT2D eigenvalue weighted by Gasteiger charge is -2.17. The highest BCUT2D eigenvalue weighted by molar-refractivity contribution is 5.33. The number of nitrogens with zero attached hydrogens (tertiary/aromatic N) is 1. The van der Waals surface area contributed by atoms with Gasteiger partial charge in [0, 0.05) is 12.2 Å². The average molecular weight is 242 g/mol. The molecule has 0 fully saturated rings. The van der Waals surface area contributed by atoms with Gasteiger partial charge in [0.15, 0.2) is 0 Å². The van der Waals surface area contributed by atoms with E-state index in [0.29, 0.717) is 5.82 Å². The van der Waals surface area contributed by atoms with Crippen LogP contribution in [0.1, 0.15) is 22.7 Å². The summed E-state index contributed by atoms with van der Waals surface area (Å²) in [6.07, 6.45) is 2.50. The van der Waals surface area contributed by atoms with Gasteiger partial charge in [-0.1, -0.05) is 29.8 Å². The smallest absolute Gasteiger partial charge is 0.123 e. The normalized spacial score (nSPS) is 12.3. The molecular weight excluding hydrogens is 224 g/mol. The molecule has 18 heavy (non-hydrogen) atoms. The van der Waals surface area contributed by atoms with Crippen molar-refractivity contribution in [3.05, 3.63) is 59.3 Å². The van der Waals surface area contributed by atoms with Crippen molar-refractivity contribution in [1.29, 1.82) is 0 Å². The van der Waals surface area contributed by atoms with E-state index in [1.807, 2.05) is 18.2 Å². The summed E-state index contributed by atoms with van der Waals surface area (Å²) in [5.74, 6) is 6.18. The number of aryl methyl sites for hydroxylation is 1. The van der Waals surface area contributed by atoms with Crippen molar-refractivity contribution >= 4 is 5.82 Å². The largest absolute Gasteiger partial charge is 0.384 e. The number of pyridine rings is 1. The molecule has 0 aliphatic heterocycles. The molecule has 0 aliphatic rings. The summed E-state index contributed by atoms with van der Waals surface area (Å²) in [7, 11) is 0. The highest BCUT2D eigenvalue weighted by Gasteiger charge is 2.10. The molecule has 1 unspecified atom stereocenters. The maximum atomic E-state index is 5.68. The van der Waals surface area contributed by atoms with Gasteiger partial charge in [0.05, 0.1) is 0 Å². The molecule has 1 atom stereocenters. The van der Waals surface area contributed by atoms with Crippen LogP contribution in [0.2, 0.25) is 0 Å². The molecule has 0 saturated heterocycles. The molecule has 0 saturated carbocycles. The van der Waals surface area contributed by atoms with E-state index in [2.05, 4.69) is 35.5 Å². The zero-order chi connectivity index (χ0) is 13.0. The number of nitrogens with two attached hydrogens (primary N) is 2. The van der Waals surface area contributed by atoms with Gasteiger partial charge in [0.1, 0.15) is 5.82 Å². The molecule has 0 aliphatic carbocycles. The lowest BCUT2D eigenvalue weighted by Crippen LogP contribution is -2.29. The van der Waals surface area contributed by atoms with Crippen LogP contribution >= 0.6 is 0 Å². The van der Waals surface area contributed by atoms with Crippen LogP contribution in [0.25, 0.3) is 0 Å². The Bertz CT molecular complexity index is 525. The third kappa shape index (κ3) is 3.06. The first-order valence-corrected chi connectivity index (χ1v) is 5.92. The first kappa shape index (κ1) is 12.5. The Hall–Kier alpha value is -1.91. The van der Waals surface area contributed by atoms with Crippen LogP contribution in [0, 0.1) is 6.92 Å². The van der Waals surface area contributed by atoms with Crippen molar-refractivity contribution in [2.45, 2.75) is 19.4 Å². The van der Waals surface area contributed by atoms with Crippen LogP contribution in [0.3, 0.4) is 0 Å². The topological polar surface area (TPSA) is 77.0 Å². The van der Waals surface area contributed by atoms with Crippen LogP contribution in [0.15, 0.2) is 42.6 Å². The van der Waals surface area contributed by atoms with Gasteiger partial charge in [0.2, 0.25) is 0 Å². The first-order valence-electron chi connectivity index (χ1n) is 5.92. The minimum absolute atomic E-state index is 0.0756. The number of benzene rings is 1. The summed E-state index contributed by atoms with van der Waals surface area (Å²) in [6, 6.07) is 12.2. The minimum atomic E-state index is 0.0756. The van der Waals surface area contributed by atoms with E-state index in [4.69, 9.17) is 11.6 Å². The van der Waals surface area contributed by atoms with Gasteiger partial charge in [-0.05, 0) is 36.6 Å². The highest BCUT2D eigenvalue weighted by atomic mass is 15.2. The predicted octanol–water partition coefficient (Wildman–Crippen LogP) is 1.72. The minimum Gasteiger partial charge on any atom is -0.384 e. The Morgan fingerprint density at radius 2 is 2.11 bits per heavy atom.